The SMILES string of the molecule is CC(C(=O)O)C(=O)Nc1nc2c(s1)CCCCC2. The molecule has 1 unspecified atom stereocenters. The first-order valence-electron chi connectivity index (χ1n) is 6.10. The molecule has 18 heavy (non-hydrogen) atoms. The number of hydrogen-bond acceptors (Lipinski definition) is 4. The molecule has 1 aromatic heterocycles. The third kappa shape index (κ3) is 2.87. The van der Waals surface area contributed by atoms with Crippen LogP contribution in [-0.4, -0.2) is 22.0 Å². The van der Waals surface area contributed by atoms with E-state index >= 15 is 0 Å². The Labute approximate surface area is 109 Å². The van der Waals surface area contributed by atoms with Crippen molar-refractivity contribution in [2.24, 2.45) is 5.92 Å². The molecule has 1 amide bonds. The molecule has 0 saturated carbocycles. The number of hydrogen-bond donors (Lipinski definition) is 2. The first-order valence-corrected chi connectivity index (χ1v) is 6.92. The standard InChI is InChI=1S/C12H16N2O3S/c1-7(11(16)17)10(15)14-12-13-8-5-3-2-4-6-9(8)18-12/h7H,2-6H2,1H3,(H,16,17)(H,13,14,15). The summed E-state index contributed by atoms with van der Waals surface area (Å²) in [6, 6.07) is 0. The summed E-state index contributed by atoms with van der Waals surface area (Å²) in [6.45, 7) is 1.37. The van der Waals surface area contributed by atoms with Crippen LogP contribution in [0.25, 0.3) is 0 Å². The average Bonchev–Trinajstić information content (AvgIpc) is 2.57. The Hall–Kier alpha value is -1.43. The second kappa shape index (κ2) is 5.48. The van der Waals surface area contributed by atoms with Gasteiger partial charge in [-0.15, -0.1) is 11.3 Å². The average molecular weight is 268 g/mol. The number of carbonyl (C=O) groups is 2. The number of carbonyl (C=O) groups excluding carboxylic acids is 1. The van der Waals surface area contributed by atoms with Crippen LogP contribution < -0.4 is 5.32 Å². The van der Waals surface area contributed by atoms with Crippen molar-refractivity contribution in [3.8, 4) is 0 Å². The number of aliphatic carboxylic acids is 1. The number of nitrogens with zero attached hydrogens (tertiary/aromatic N) is 1. The minimum atomic E-state index is -1.12. The van der Waals surface area contributed by atoms with Gasteiger partial charge in [0.2, 0.25) is 5.91 Å². The van der Waals surface area contributed by atoms with Crippen molar-refractivity contribution in [3.63, 3.8) is 0 Å². The highest BCUT2D eigenvalue weighted by atomic mass is 32.1. The summed E-state index contributed by atoms with van der Waals surface area (Å²) in [6.07, 6.45) is 5.48. The maximum Gasteiger partial charge on any atom is 0.315 e. The molecule has 5 nitrogen and oxygen atoms in total. The lowest BCUT2D eigenvalue weighted by molar-refractivity contribution is -0.144. The summed E-state index contributed by atoms with van der Waals surface area (Å²) in [5.74, 6) is -2.68. The zero-order valence-electron chi connectivity index (χ0n) is 10.2. The summed E-state index contributed by atoms with van der Waals surface area (Å²) >= 11 is 1.47. The van der Waals surface area contributed by atoms with Crippen LogP contribution in [0.5, 0.6) is 0 Å². The van der Waals surface area contributed by atoms with E-state index in [1.54, 1.807) is 0 Å². The van der Waals surface area contributed by atoms with E-state index in [4.69, 9.17) is 5.11 Å². The topological polar surface area (TPSA) is 79.3 Å². The number of thiazole rings is 1. The zero-order valence-corrected chi connectivity index (χ0v) is 11.0. The summed E-state index contributed by atoms with van der Waals surface area (Å²) < 4.78 is 0. The van der Waals surface area contributed by atoms with E-state index in [-0.39, 0.29) is 0 Å². The number of carboxylic acids is 1. The van der Waals surface area contributed by atoms with Gasteiger partial charge in [-0.05, 0) is 32.6 Å². The summed E-state index contributed by atoms with van der Waals surface area (Å²) in [7, 11) is 0. The monoisotopic (exact) mass is 268 g/mol. The number of fused-ring (bicyclic) bond motifs is 1. The number of rotatable bonds is 3. The fourth-order valence-corrected chi connectivity index (χ4v) is 2.96. The summed E-state index contributed by atoms with van der Waals surface area (Å²) in [4.78, 5) is 27.9. The van der Waals surface area contributed by atoms with E-state index in [0.717, 1.165) is 31.4 Å². The number of carboxylic acid groups (broad SMARTS) is 1. The van der Waals surface area contributed by atoms with Crippen molar-refractivity contribution in [1.82, 2.24) is 4.98 Å². The maximum absolute atomic E-state index is 11.6. The lowest BCUT2D eigenvalue weighted by atomic mass is 10.2. The lowest BCUT2D eigenvalue weighted by Gasteiger charge is -2.04. The van der Waals surface area contributed by atoms with Gasteiger partial charge in [-0.2, -0.15) is 0 Å². The second-order valence-electron chi connectivity index (χ2n) is 4.50. The van der Waals surface area contributed by atoms with Gasteiger partial charge in [-0.25, -0.2) is 4.98 Å². The second-order valence-corrected chi connectivity index (χ2v) is 5.58. The van der Waals surface area contributed by atoms with Crippen molar-refractivity contribution in [2.75, 3.05) is 5.32 Å². The molecule has 2 N–H and O–H groups in total. The van der Waals surface area contributed by atoms with Gasteiger partial charge in [-0.1, -0.05) is 6.42 Å². The van der Waals surface area contributed by atoms with Crippen LogP contribution in [0, 0.1) is 5.92 Å². The fraction of sp³-hybridized carbons (Fsp3) is 0.583. The Bertz CT molecular complexity index is 446. The van der Waals surface area contributed by atoms with E-state index in [9.17, 15) is 9.59 Å². The van der Waals surface area contributed by atoms with Crippen LogP contribution in [0.4, 0.5) is 5.13 Å². The van der Waals surface area contributed by atoms with E-state index < -0.39 is 17.8 Å². The van der Waals surface area contributed by atoms with Crippen LogP contribution in [0.2, 0.25) is 0 Å². The summed E-state index contributed by atoms with van der Waals surface area (Å²) in [5.41, 5.74) is 1.07. The molecule has 0 aromatic carbocycles. The first kappa shape index (κ1) is 13.0. The van der Waals surface area contributed by atoms with Crippen LogP contribution in [0.15, 0.2) is 0 Å². The minimum Gasteiger partial charge on any atom is -0.481 e. The number of amides is 1. The van der Waals surface area contributed by atoms with Crippen LogP contribution in [0.1, 0.15) is 36.8 Å². The Morgan fingerprint density at radius 2 is 2.06 bits per heavy atom. The van der Waals surface area contributed by atoms with Gasteiger partial charge in [0, 0.05) is 4.88 Å². The number of nitrogens with one attached hydrogen (secondary N) is 1. The maximum atomic E-state index is 11.6. The highest BCUT2D eigenvalue weighted by Crippen LogP contribution is 2.29. The van der Waals surface area contributed by atoms with Gasteiger partial charge in [-0.3, -0.25) is 9.59 Å². The molecule has 1 aromatic rings. The Morgan fingerprint density at radius 1 is 1.33 bits per heavy atom. The molecule has 0 bridgehead atoms. The van der Waals surface area contributed by atoms with Crippen molar-refractivity contribution < 1.29 is 14.7 Å². The van der Waals surface area contributed by atoms with Gasteiger partial charge in [0.15, 0.2) is 5.13 Å². The number of anilines is 1. The molecular weight excluding hydrogens is 252 g/mol. The Morgan fingerprint density at radius 3 is 2.78 bits per heavy atom. The van der Waals surface area contributed by atoms with Gasteiger partial charge in [0.05, 0.1) is 5.69 Å². The molecule has 1 atom stereocenters. The van der Waals surface area contributed by atoms with E-state index in [1.165, 1.54) is 29.6 Å². The zero-order chi connectivity index (χ0) is 13.1. The van der Waals surface area contributed by atoms with Gasteiger partial charge in [0.25, 0.3) is 0 Å². The molecular formula is C12H16N2O3S. The molecule has 1 heterocycles. The van der Waals surface area contributed by atoms with Gasteiger partial charge < -0.3 is 10.4 Å². The lowest BCUT2D eigenvalue weighted by Crippen LogP contribution is -2.26. The minimum absolute atomic E-state index is 0.508. The van der Waals surface area contributed by atoms with Crippen LogP contribution in [0.3, 0.4) is 0 Å². The molecule has 6 heteroatoms. The third-order valence-corrected chi connectivity index (χ3v) is 4.16. The molecule has 1 aliphatic carbocycles. The molecule has 98 valence electrons. The van der Waals surface area contributed by atoms with Gasteiger partial charge in [0.1, 0.15) is 5.92 Å². The highest BCUT2D eigenvalue weighted by Gasteiger charge is 2.22. The molecule has 1 aliphatic rings. The summed E-state index contributed by atoms with van der Waals surface area (Å²) in [5, 5.41) is 11.9. The normalized spacial score (nSPS) is 16.5. The van der Waals surface area contributed by atoms with E-state index in [1.807, 2.05) is 0 Å². The fourth-order valence-electron chi connectivity index (χ4n) is 1.91. The van der Waals surface area contributed by atoms with E-state index in [0.29, 0.717) is 5.13 Å². The van der Waals surface area contributed by atoms with Gasteiger partial charge >= 0.3 is 5.97 Å². The highest BCUT2D eigenvalue weighted by molar-refractivity contribution is 7.15. The molecule has 2 rings (SSSR count). The molecule has 0 saturated heterocycles. The Kier molecular flexibility index (Phi) is 3.96. The molecule has 0 aliphatic heterocycles. The third-order valence-electron chi connectivity index (χ3n) is 3.09. The van der Waals surface area contributed by atoms with Crippen LogP contribution in [-0.2, 0) is 22.4 Å². The first-order chi connectivity index (χ1) is 8.58. The van der Waals surface area contributed by atoms with Crippen LogP contribution >= 0.6 is 11.3 Å². The quantitative estimate of drug-likeness (QED) is 0.649. The predicted octanol–water partition coefficient (Wildman–Crippen LogP) is 2.07. The number of aromatic nitrogens is 1. The largest absolute Gasteiger partial charge is 0.481 e. The smallest absolute Gasteiger partial charge is 0.315 e. The van der Waals surface area contributed by atoms with Crippen molar-refractivity contribution >= 4 is 28.3 Å². The number of aryl methyl sites for hydroxylation is 2. The molecule has 0 fully saturated rings. The van der Waals surface area contributed by atoms with Crippen molar-refractivity contribution in [1.29, 1.82) is 0 Å². The van der Waals surface area contributed by atoms with Crippen molar-refractivity contribution in [2.45, 2.75) is 39.0 Å². The predicted molar refractivity (Wildman–Crippen MR) is 68.8 cm³/mol. The van der Waals surface area contributed by atoms with E-state index in [2.05, 4.69) is 10.3 Å². The molecule has 0 spiro atoms. The van der Waals surface area contributed by atoms with Crippen molar-refractivity contribution in [3.05, 3.63) is 10.6 Å². The molecule has 0 radical (unpaired) electrons. The Balaban J connectivity index is 2.06.